The maximum atomic E-state index is 13.5. The van der Waals surface area contributed by atoms with Crippen molar-refractivity contribution in [3.05, 3.63) is 82.2 Å². The number of hydrogen-bond acceptors (Lipinski definition) is 1. The molecule has 0 saturated heterocycles. The highest BCUT2D eigenvalue weighted by Crippen LogP contribution is 2.31. The summed E-state index contributed by atoms with van der Waals surface area (Å²) in [4.78, 5) is 0. The van der Waals surface area contributed by atoms with E-state index >= 15 is 0 Å². The standard InChI is InChI=1S/C20H13Cl2FN2.C2H6/c1-12-9-16(6-7-18(12)23)25-19-8-5-14(11-17(19)20(22)24-25)13-3-2-4-15(21)10-13;1-2/h2-11H,1H3;1-2H3. The number of benzene rings is 3. The Morgan fingerprint density at radius 2 is 1.63 bits per heavy atom. The number of hydrogen-bond donors (Lipinski definition) is 0. The number of rotatable bonds is 2. The van der Waals surface area contributed by atoms with E-state index in [0.29, 0.717) is 15.7 Å². The molecule has 0 aliphatic rings. The van der Waals surface area contributed by atoms with Gasteiger partial charge < -0.3 is 0 Å². The zero-order chi connectivity index (χ0) is 19.6. The van der Waals surface area contributed by atoms with Crippen LogP contribution < -0.4 is 0 Å². The van der Waals surface area contributed by atoms with E-state index in [0.717, 1.165) is 27.7 Å². The highest BCUT2D eigenvalue weighted by Gasteiger charge is 2.12. The Hall–Kier alpha value is -2.36. The SMILES string of the molecule is CC.Cc1cc(-n2nc(Cl)c3cc(-c4cccc(Cl)c4)ccc32)ccc1F. The minimum absolute atomic E-state index is 0.241. The van der Waals surface area contributed by atoms with Gasteiger partial charge in [0.1, 0.15) is 5.82 Å². The molecule has 0 spiro atoms. The van der Waals surface area contributed by atoms with Gasteiger partial charge in [0.2, 0.25) is 0 Å². The highest BCUT2D eigenvalue weighted by molar-refractivity contribution is 6.34. The van der Waals surface area contributed by atoms with Crippen molar-refractivity contribution in [1.29, 1.82) is 0 Å². The fourth-order valence-electron chi connectivity index (χ4n) is 2.89. The van der Waals surface area contributed by atoms with Gasteiger partial charge in [0.25, 0.3) is 0 Å². The third-order valence-corrected chi connectivity index (χ3v) is 4.69. The van der Waals surface area contributed by atoms with Gasteiger partial charge >= 0.3 is 0 Å². The summed E-state index contributed by atoms with van der Waals surface area (Å²) >= 11 is 12.4. The first-order chi connectivity index (χ1) is 13.0. The van der Waals surface area contributed by atoms with E-state index in [2.05, 4.69) is 5.10 Å². The summed E-state index contributed by atoms with van der Waals surface area (Å²) in [5.74, 6) is -0.241. The zero-order valence-corrected chi connectivity index (χ0v) is 16.8. The highest BCUT2D eigenvalue weighted by atomic mass is 35.5. The van der Waals surface area contributed by atoms with E-state index < -0.39 is 0 Å². The average Bonchev–Trinajstić information content (AvgIpc) is 3.02. The molecule has 138 valence electrons. The molecule has 0 bridgehead atoms. The fourth-order valence-corrected chi connectivity index (χ4v) is 3.30. The molecule has 3 aromatic carbocycles. The molecule has 0 N–H and O–H groups in total. The Bertz CT molecular complexity index is 1100. The van der Waals surface area contributed by atoms with Gasteiger partial charge in [-0.05, 0) is 66.1 Å². The molecule has 0 aliphatic heterocycles. The summed E-state index contributed by atoms with van der Waals surface area (Å²) in [7, 11) is 0. The maximum absolute atomic E-state index is 13.5. The van der Waals surface area contributed by atoms with Crippen LogP contribution in [0.25, 0.3) is 27.7 Å². The van der Waals surface area contributed by atoms with Gasteiger partial charge in [-0.3, -0.25) is 0 Å². The van der Waals surface area contributed by atoms with E-state index in [9.17, 15) is 4.39 Å². The Morgan fingerprint density at radius 1 is 0.889 bits per heavy atom. The molecule has 0 atom stereocenters. The largest absolute Gasteiger partial charge is 0.232 e. The summed E-state index contributed by atoms with van der Waals surface area (Å²) in [5.41, 5.74) is 4.21. The van der Waals surface area contributed by atoms with Gasteiger partial charge in [0.05, 0.1) is 11.2 Å². The van der Waals surface area contributed by atoms with Gasteiger partial charge in [-0.2, -0.15) is 5.10 Å². The molecular weight excluding hydrogens is 382 g/mol. The molecule has 1 heterocycles. The molecule has 2 nitrogen and oxygen atoms in total. The third-order valence-electron chi connectivity index (χ3n) is 4.18. The quantitative estimate of drug-likeness (QED) is 0.341. The Balaban J connectivity index is 0.00000102. The molecule has 0 saturated carbocycles. The van der Waals surface area contributed by atoms with Crippen LogP contribution in [-0.2, 0) is 0 Å². The minimum Gasteiger partial charge on any atom is -0.232 e. The van der Waals surface area contributed by atoms with E-state index in [-0.39, 0.29) is 5.82 Å². The second-order valence-corrected chi connectivity index (χ2v) is 6.67. The van der Waals surface area contributed by atoms with E-state index in [1.54, 1.807) is 23.7 Å². The Morgan fingerprint density at radius 3 is 2.33 bits per heavy atom. The van der Waals surface area contributed by atoms with Gasteiger partial charge in [0, 0.05) is 10.4 Å². The van der Waals surface area contributed by atoms with Crippen molar-refractivity contribution in [3.63, 3.8) is 0 Å². The van der Waals surface area contributed by atoms with Crippen molar-refractivity contribution in [2.24, 2.45) is 0 Å². The van der Waals surface area contributed by atoms with Crippen LogP contribution in [0.4, 0.5) is 4.39 Å². The van der Waals surface area contributed by atoms with Crippen molar-refractivity contribution < 1.29 is 4.39 Å². The second-order valence-electron chi connectivity index (χ2n) is 5.88. The molecule has 0 fully saturated rings. The first-order valence-corrected chi connectivity index (χ1v) is 9.49. The lowest BCUT2D eigenvalue weighted by atomic mass is 10.0. The molecule has 1 aromatic heterocycles. The van der Waals surface area contributed by atoms with Gasteiger partial charge in [0.15, 0.2) is 5.15 Å². The average molecular weight is 401 g/mol. The van der Waals surface area contributed by atoms with Crippen molar-refractivity contribution >= 4 is 34.1 Å². The topological polar surface area (TPSA) is 17.8 Å². The minimum atomic E-state index is -0.241. The van der Waals surface area contributed by atoms with Crippen LogP contribution in [0.3, 0.4) is 0 Å². The fraction of sp³-hybridized carbons (Fsp3) is 0.136. The van der Waals surface area contributed by atoms with E-state index in [1.165, 1.54) is 6.07 Å². The lowest BCUT2D eigenvalue weighted by Crippen LogP contribution is -1.97. The summed E-state index contributed by atoms with van der Waals surface area (Å²) in [6.07, 6.45) is 0. The smallest absolute Gasteiger partial charge is 0.159 e. The van der Waals surface area contributed by atoms with Gasteiger partial charge in [-0.1, -0.05) is 55.2 Å². The molecule has 27 heavy (non-hydrogen) atoms. The van der Waals surface area contributed by atoms with Crippen LogP contribution in [0.1, 0.15) is 19.4 Å². The van der Waals surface area contributed by atoms with Gasteiger partial charge in [-0.15, -0.1) is 0 Å². The molecule has 0 unspecified atom stereocenters. The maximum Gasteiger partial charge on any atom is 0.159 e. The van der Waals surface area contributed by atoms with Crippen LogP contribution in [0, 0.1) is 12.7 Å². The van der Waals surface area contributed by atoms with Crippen molar-refractivity contribution in [1.82, 2.24) is 9.78 Å². The number of nitrogens with zero attached hydrogens (tertiary/aromatic N) is 2. The number of aromatic nitrogens is 2. The lowest BCUT2D eigenvalue weighted by Gasteiger charge is -2.06. The van der Waals surface area contributed by atoms with Crippen molar-refractivity contribution in [3.8, 4) is 16.8 Å². The van der Waals surface area contributed by atoms with Crippen molar-refractivity contribution in [2.45, 2.75) is 20.8 Å². The third kappa shape index (κ3) is 3.85. The monoisotopic (exact) mass is 400 g/mol. The van der Waals surface area contributed by atoms with Crippen LogP contribution in [-0.4, -0.2) is 9.78 Å². The summed E-state index contributed by atoms with van der Waals surface area (Å²) in [6, 6.07) is 18.5. The van der Waals surface area contributed by atoms with Crippen LogP contribution in [0.2, 0.25) is 10.2 Å². The molecule has 4 rings (SSSR count). The second kappa shape index (κ2) is 8.12. The van der Waals surface area contributed by atoms with Crippen LogP contribution in [0.5, 0.6) is 0 Å². The molecule has 4 aromatic rings. The molecule has 5 heteroatoms. The number of aryl methyl sites for hydroxylation is 1. The molecule has 0 amide bonds. The summed E-state index contributed by atoms with van der Waals surface area (Å²) in [5, 5.41) is 6.34. The first kappa shape index (κ1) is 19.4. The van der Waals surface area contributed by atoms with Crippen molar-refractivity contribution in [2.75, 3.05) is 0 Å². The molecular formula is C22H19Cl2FN2. The van der Waals surface area contributed by atoms with Crippen LogP contribution >= 0.6 is 23.2 Å². The number of halogens is 3. The van der Waals surface area contributed by atoms with Gasteiger partial charge in [-0.25, -0.2) is 9.07 Å². The molecule has 0 aliphatic carbocycles. The first-order valence-electron chi connectivity index (χ1n) is 8.74. The van der Waals surface area contributed by atoms with E-state index in [1.807, 2.05) is 56.3 Å². The Labute approximate surface area is 168 Å². The molecule has 0 radical (unpaired) electrons. The number of fused-ring (bicyclic) bond motifs is 1. The Kier molecular flexibility index (Phi) is 5.83. The van der Waals surface area contributed by atoms with E-state index in [4.69, 9.17) is 23.2 Å². The summed E-state index contributed by atoms with van der Waals surface area (Å²) in [6.45, 7) is 5.73. The van der Waals surface area contributed by atoms with Crippen LogP contribution in [0.15, 0.2) is 60.7 Å². The normalized spacial score (nSPS) is 10.6. The predicted molar refractivity (Wildman–Crippen MR) is 113 cm³/mol. The zero-order valence-electron chi connectivity index (χ0n) is 15.3. The lowest BCUT2D eigenvalue weighted by molar-refractivity contribution is 0.617. The summed E-state index contributed by atoms with van der Waals surface area (Å²) < 4.78 is 15.3. The predicted octanol–water partition coefficient (Wildman–Crippen LogP) is 7.47.